The minimum Gasteiger partial charge on any atom is -0.457 e. The average molecular weight is 525 g/mol. The molecule has 0 radical (unpaired) electrons. The Morgan fingerprint density at radius 2 is 1.87 bits per heavy atom. The number of nitrogens with zero attached hydrogens (tertiary/aromatic N) is 3. The Balaban J connectivity index is 1.38. The summed E-state index contributed by atoms with van der Waals surface area (Å²) in [4.78, 5) is 14.8. The van der Waals surface area contributed by atoms with Crippen LogP contribution in [0.3, 0.4) is 0 Å². The van der Waals surface area contributed by atoms with Gasteiger partial charge in [-0.25, -0.2) is 4.68 Å². The Kier molecular flexibility index (Phi) is 8.22. The third-order valence-corrected chi connectivity index (χ3v) is 7.14. The van der Waals surface area contributed by atoms with Gasteiger partial charge in [0.1, 0.15) is 23.0 Å². The second-order valence-corrected chi connectivity index (χ2v) is 9.99. The van der Waals surface area contributed by atoms with Gasteiger partial charge in [-0.1, -0.05) is 30.9 Å². The van der Waals surface area contributed by atoms with Crippen molar-refractivity contribution in [3.05, 3.63) is 85.0 Å². The molecule has 1 amide bonds. The molecule has 1 unspecified atom stereocenters. The number of para-hydroxylation sites is 1. The highest BCUT2D eigenvalue weighted by Gasteiger charge is 2.29. The topological polar surface area (TPSA) is 95.3 Å². The lowest BCUT2D eigenvalue weighted by Crippen LogP contribution is -2.40. The number of nitrogens with one attached hydrogen (secondary N) is 3. The average Bonchev–Trinajstić information content (AvgIpc) is 3.73. The lowest BCUT2D eigenvalue weighted by molar-refractivity contribution is -0.127. The molecule has 2 fully saturated rings. The smallest absolute Gasteiger partial charge is 0.246 e. The summed E-state index contributed by atoms with van der Waals surface area (Å²) in [5, 5.41) is 20.3. The van der Waals surface area contributed by atoms with Crippen LogP contribution in [-0.2, 0) is 4.79 Å². The van der Waals surface area contributed by atoms with Gasteiger partial charge in [0.2, 0.25) is 5.91 Å². The van der Waals surface area contributed by atoms with Crippen LogP contribution in [0, 0.1) is 5.41 Å². The van der Waals surface area contributed by atoms with Gasteiger partial charge >= 0.3 is 0 Å². The number of carbonyl (C=O) groups is 1. The zero-order chi connectivity index (χ0) is 27.2. The standard InChI is InChI=1S/C31H36N6O2/c1-3-27(32)29-30(22-13-17-26(18-14-22)39-25-10-5-4-6-11-25)35-37(31(29)33-2)24-9-8-20-36(21-24)28(38)12-7-19-34-23-15-16-23/h3-7,10-14,17-18,23-24,32-34H,1,8-9,15-16,19-21H2,2H3/b12-7+,32-27?. The van der Waals surface area contributed by atoms with E-state index in [1.807, 2.05) is 77.3 Å². The molecule has 1 aliphatic heterocycles. The molecular weight excluding hydrogens is 488 g/mol. The largest absolute Gasteiger partial charge is 0.457 e. The SMILES string of the molecule is C=CC(=N)c1c(-c2ccc(Oc3ccccc3)cc2)nn(C2CCCN(C(=O)/C=C/CNC3CC3)C2)c1NC. The predicted octanol–water partition coefficient (Wildman–Crippen LogP) is 5.41. The summed E-state index contributed by atoms with van der Waals surface area (Å²) in [5.74, 6) is 2.28. The van der Waals surface area contributed by atoms with E-state index < -0.39 is 0 Å². The first-order chi connectivity index (χ1) is 19.1. The van der Waals surface area contributed by atoms with Crippen LogP contribution in [0.1, 0.15) is 37.3 Å². The number of benzene rings is 2. The van der Waals surface area contributed by atoms with E-state index in [1.165, 1.54) is 18.9 Å². The van der Waals surface area contributed by atoms with E-state index in [1.54, 1.807) is 6.08 Å². The molecule has 2 heterocycles. The van der Waals surface area contributed by atoms with Crippen LogP contribution in [0.15, 0.2) is 79.4 Å². The van der Waals surface area contributed by atoms with E-state index in [4.69, 9.17) is 15.2 Å². The molecule has 3 N–H and O–H groups in total. The van der Waals surface area contributed by atoms with Crippen molar-refractivity contribution >= 4 is 17.4 Å². The lowest BCUT2D eigenvalue weighted by Gasteiger charge is -2.33. The highest BCUT2D eigenvalue weighted by atomic mass is 16.5. The van der Waals surface area contributed by atoms with Crippen LogP contribution in [0.2, 0.25) is 0 Å². The van der Waals surface area contributed by atoms with Gasteiger partial charge in [0.05, 0.1) is 17.3 Å². The fourth-order valence-corrected chi connectivity index (χ4v) is 4.94. The molecule has 3 aromatic rings. The predicted molar refractivity (Wildman–Crippen MR) is 156 cm³/mol. The number of anilines is 1. The number of aromatic nitrogens is 2. The zero-order valence-corrected chi connectivity index (χ0v) is 22.4. The van der Waals surface area contributed by atoms with Crippen LogP contribution in [0.4, 0.5) is 5.82 Å². The summed E-state index contributed by atoms with van der Waals surface area (Å²) in [5.41, 5.74) is 2.56. The van der Waals surface area contributed by atoms with Gasteiger partial charge in [-0.15, -0.1) is 0 Å². The number of piperidine rings is 1. The van der Waals surface area contributed by atoms with Gasteiger partial charge in [-0.3, -0.25) is 4.79 Å². The van der Waals surface area contributed by atoms with Gasteiger partial charge in [0.15, 0.2) is 0 Å². The number of amides is 1. The maximum Gasteiger partial charge on any atom is 0.246 e. The van der Waals surface area contributed by atoms with Gasteiger partial charge < -0.3 is 25.7 Å². The number of likely N-dealkylation sites (tertiary alicyclic amines) is 1. The summed E-state index contributed by atoms with van der Waals surface area (Å²) in [6.45, 7) is 5.87. The summed E-state index contributed by atoms with van der Waals surface area (Å²) >= 11 is 0. The van der Waals surface area contributed by atoms with Gasteiger partial charge in [0.25, 0.3) is 0 Å². The van der Waals surface area contributed by atoms with Crippen molar-refractivity contribution < 1.29 is 9.53 Å². The van der Waals surface area contributed by atoms with Crippen molar-refractivity contribution in [3.8, 4) is 22.8 Å². The maximum absolute atomic E-state index is 12.9. The summed E-state index contributed by atoms with van der Waals surface area (Å²) in [6.07, 6.45) is 9.39. The molecule has 5 rings (SSSR count). The zero-order valence-electron chi connectivity index (χ0n) is 22.4. The van der Waals surface area contributed by atoms with E-state index in [2.05, 4.69) is 17.2 Å². The quantitative estimate of drug-likeness (QED) is 0.230. The van der Waals surface area contributed by atoms with Crippen molar-refractivity contribution in [1.29, 1.82) is 5.41 Å². The van der Waals surface area contributed by atoms with Crippen LogP contribution >= 0.6 is 0 Å². The highest BCUT2D eigenvalue weighted by molar-refractivity contribution is 6.13. The third kappa shape index (κ3) is 6.29. The Bertz CT molecular complexity index is 1340. The monoisotopic (exact) mass is 524 g/mol. The van der Waals surface area contributed by atoms with Crippen molar-refractivity contribution in [1.82, 2.24) is 20.0 Å². The number of carbonyl (C=O) groups excluding carboxylic acids is 1. The molecule has 2 aliphatic rings. The second kappa shape index (κ2) is 12.1. The lowest BCUT2D eigenvalue weighted by atomic mass is 10.0. The van der Waals surface area contributed by atoms with Crippen molar-refractivity contribution in [2.45, 2.75) is 37.8 Å². The number of hydrogen-bond acceptors (Lipinski definition) is 6. The molecule has 1 aromatic heterocycles. The second-order valence-electron chi connectivity index (χ2n) is 9.99. The first-order valence-corrected chi connectivity index (χ1v) is 13.6. The molecule has 1 atom stereocenters. The maximum atomic E-state index is 12.9. The summed E-state index contributed by atoms with van der Waals surface area (Å²) in [7, 11) is 1.84. The van der Waals surface area contributed by atoms with E-state index in [9.17, 15) is 4.79 Å². The van der Waals surface area contributed by atoms with Crippen LogP contribution in [0.25, 0.3) is 11.3 Å². The first-order valence-electron chi connectivity index (χ1n) is 13.6. The fraction of sp³-hybridized carbons (Fsp3) is 0.323. The van der Waals surface area contributed by atoms with Crippen LogP contribution in [-0.4, -0.2) is 59.0 Å². The van der Waals surface area contributed by atoms with E-state index >= 15 is 0 Å². The minimum absolute atomic E-state index is 0.00561. The molecule has 8 nitrogen and oxygen atoms in total. The molecular formula is C31H36N6O2. The Morgan fingerprint density at radius 1 is 1.13 bits per heavy atom. The summed E-state index contributed by atoms with van der Waals surface area (Å²) < 4.78 is 7.91. The third-order valence-electron chi connectivity index (χ3n) is 7.14. The number of rotatable bonds is 11. The Labute approximate surface area is 229 Å². The van der Waals surface area contributed by atoms with Crippen molar-refractivity contribution in [3.63, 3.8) is 0 Å². The van der Waals surface area contributed by atoms with Crippen LogP contribution < -0.4 is 15.4 Å². The van der Waals surface area contributed by atoms with E-state index in [0.717, 1.165) is 48.8 Å². The fourth-order valence-electron chi connectivity index (χ4n) is 4.94. The van der Waals surface area contributed by atoms with Crippen molar-refractivity contribution in [2.24, 2.45) is 0 Å². The Morgan fingerprint density at radius 3 is 2.56 bits per heavy atom. The number of ether oxygens (including phenoxy) is 1. The molecule has 8 heteroatoms. The van der Waals surface area contributed by atoms with Gasteiger partial charge in [-0.2, -0.15) is 5.10 Å². The van der Waals surface area contributed by atoms with E-state index in [0.29, 0.717) is 29.6 Å². The molecule has 1 saturated carbocycles. The minimum atomic E-state index is -0.00561. The van der Waals surface area contributed by atoms with Gasteiger partial charge in [0, 0.05) is 44.4 Å². The number of allylic oxidation sites excluding steroid dienone is 1. The first kappa shape index (κ1) is 26.4. The van der Waals surface area contributed by atoms with Crippen LogP contribution in [0.5, 0.6) is 11.5 Å². The van der Waals surface area contributed by atoms with Crippen molar-refractivity contribution in [2.75, 3.05) is 32.0 Å². The summed E-state index contributed by atoms with van der Waals surface area (Å²) in [6, 6.07) is 18.0. The van der Waals surface area contributed by atoms with E-state index in [-0.39, 0.29) is 11.9 Å². The normalized spacial score (nSPS) is 17.3. The molecule has 39 heavy (non-hydrogen) atoms. The molecule has 1 saturated heterocycles. The number of hydrogen-bond donors (Lipinski definition) is 3. The molecule has 2 aromatic carbocycles. The molecule has 1 aliphatic carbocycles. The molecule has 202 valence electrons. The molecule has 0 bridgehead atoms. The highest BCUT2D eigenvalue weighted by Crippen LogP contribution is 2.35. The Hall–Kier alpha value is -4.17. The molecule has 0 spiro atoms. The van der Waals surface area contributed by atoms with Gasteiger partial charge in [-0.05, 0) is 68.2 Å².